The predicted octanol–water partition coefficient (Wildman–Crippen LogP) is 2.63. The average molecular weight is 394 g/mol. The molecule has 8 heteroatoms. The molecule has 2 aromatic rings. The van der Waals surface area contributed by atoms with E-state index in [1.54, 1.807) is 12.1 Å². The van der Waals surface area contributed by atoms with Gasteiger partial charge in [-0.2, -0.15) is 0 Å². The van der Waals surface area contributed by atoms with Crippen LogP contribution in [0.4, 0.5) is 0 Å². The second-order valence-electron chi connectivity index (χ2n) is 6.26. The lowest BCUT2D eigenvalue weighted by molar-refractivity contribution is -0.134. The van der Waals surface area contributed by atoms with Crippen LogP contribution in [0.15, 0.2) is 33.5 Å². The van der Waals surface area contributed by atoms with Crippen LogP contribution in [0.5, 0.6) is 5.75 Å². The molecule has 1 atom stereocenters. The van der Waals surface area contributed by atoms with Crippen LogP contribution in [-0.4, -0.2) is 37.0 Å². The molecule has 3 rings (SSSR count). The number of fused-ring (bicyclic) bond motifs is 1. The number of benzene rings is 1. The van der Waals surface area contributed by atoms with Crippen molar-refractivity contribution in [2.24, 2.45) is 0 Å². The van der Waals surface area contributed by atoms with Crippen LogP contribution in [0.2, 0.25) is 0 Å². The SMILES string of the molecule is O=C(CCCCl)Oc1ccc2cc(C(=O)NCC3CCCO3)c(=O)oc2c1. The van der Waals surface area contributed by atoms with E-state index in [4.69, 9.17) is 25.5 Å². The van der Waals surface area contributed by atoms with Gasteiger partial charge in [0, 0.05) is 36.9 Å². The highest BCUT2D eigenvalue weighted by atomic mass is 35.5. The van der Waals surface area contributed by atoms with Crippen molar-refractivity contribution in [1.29, 1.82) is 0 Å². The summed E-state index contributed by atoms with van der Waals surface area (Å²) in [6, 6.07) is 6.11. The number of alkyl halides is 1. The third-order valence-electron chi connectivity index (χ3n) is 4.21. The minimum absolute atomic E-state index is 0.0162. The van der Waals surface area contributed by atoms with Gasteiger partial charge in [-0.3, -0.25) is 9.59 Å². The zero-order valence-corrected chi connectivity index (χ0v) is 15.4. The van der Waals surface area contributed by atoms with Crippen molar-refractivity contribution in [3.8, 4) is 5.75 Å². The summed E-state index contributed by atoms with van der Waals surface area (Å²) in [5, 5.41) is 3.25. The molecule has 27 heavy (non-hydrogen) atoms. The van der Waals surface area contributed by atoms with E-state index in [9.17, 15) is 14.4 Å². The standard InChI is InChI=1S/C19H20ClNO6/c20-7-1-4-17(22)26-13-6-5-12-9-15(19(24)27-16(12)10-13)18(23)21-11-14-3-2-8-25-14/h5-6,9-10,14H,1-4,7-8,11H2,(H,21,23). The molecule has 2 heterocycles. The van der Waals surface area contributed by atoms with Gasteiger partial charge in [0.2, 0.25) is 0 Å². The molecule has 1 fully saturated rings. The van der Waals surface area contributed by atoms with Gasteiger partial charge < -0.3 is 19.2 Å². The number of rotatable bonds is 7. The highest BCUT2D eigenvalue weighted by Crippen LogP contribution is 2.21. The molecule has 1 N–H and O–H groups in total. The van der Waals surface area contributed by atoms with Gasteiger partial charge in [-0.15, -0.1) is 11.6 Å². The first-order chi connectivity index (χ1) is 13.1. The van der Waals surface area contributed by atoms with E-state index in [0.717, 1.165) is 12.8 Å². The predicted molar refractivity (Wildman–Crippen MR) is 99.4 cm³/mol. The number of carbonyl (C=O) groups excluding carboxylic acids is 2. The van der Waals surface area contributed by atoms with Crippen LogP contribution < -0.4 is 15.7 Å². The number of esters is 1. The fourth-order valence-electron chi connectivity index (χ4n) is 2.81. The molecule has 1 aromatic heterocycles. The molecule has 0 saturated carbocycles. The summed E-state index contributed by atoms with van der Waals surface area (Å²) in [7, 11) is 0. The Morgan fingerprint density at radius 2 is 2.15 bits per heavy atom. The molecule has 1 aliphatic rings. The van der Waals surface area contributed by atoms with Crippen LogP contribution in [0, 0.1) is 0 Å². The van der Waals surface area contributed by atoms with E-state index >= 15 is 0 Å². The Morgan fingerprint density at radius 1 is 1.30 bits per heavy atom. The molecule has 144 valence electrons. The van der Waals surface area contributed by atoms with Crippen LogP contribution in [0.1, 0.15) is 36.0 Å². The van der Waals surface area contributed by atoms with Crippen LogP contribution in [0.3, 0.4) is 0 Å². The van der Waals surface area contributed by atoms with Crippen LogP contribution >= 0.6 is 11.6 Å². The zero-order valence-electron chi connectivity index (χ0n) is 14.7. The average Bonchev–Trinajstić information content (AvgIpc) is 3.17. The molecular formula is C19H20ClNO6. The lowest BCUT2D eigenvalue weighted by atomic mass is 10.1. The normalized spacial score (nSPS) is 16.4. The second kappa shape index (κ2) is 9.01. The minimum Gasteiger partial charge on any atom is -0.426 e. The molecule has 0 radical (unpaired) electrons. The van der Waals surface area contributed by atoms with E-state index in [1.165, 1.54) is 12.1 Å². The number of amides is 1. The maximum atomic E-state index is 12.3. The van der Waals surface area contributed by atoms with Crippen molar-refractivity contribution in [3.05, 3.63) is 40.2 Å². The fraction of sp³-hybridized carbons (Fsp3) is 0.421. The molecule has 7 nitrogen and oxygen atoms in total. The number of hydrogen-bond acceptors (Lipinski definition) is 6. The monoisotopic (exact) mass is 393 g/mol. The molecule has 0 aliphatic carbocycles. The van der Waals surface area contributed by atoms with Gasteiger partial charge in [-0.05, 0) is 37.5 Å². The quantitative estimate of drug-likeness (QED) is 0.336. The van der Waals surface area contributed by atoms with Gasteiger partial charge in [0.15, 0.2) is 0 Å². The molecular weight excluding hydrogens is 374 g/mol. The Morgan fingerprint density at radius 3 is 2.89 bits per heavy atom. The maximum absolute atomic E-state index is 12.3. The van der Waals surface area contributed by atoms with Gasteiger partial charge in [-0.1, -0.05) is 0 Å². The molecule has 1 aliphatic heterocycles. The lowest BCUT2D eigenvalue weighted by Crippen LogP contribution is -2.34. The zero-order chi connectivity index (χ0) is 19.2. The molecule has 1 amide bonds. The van der Waals surface area contributed by atoms with E-state index in [2.05, 4.69) is 5.32 Å². The largest absolute Gasteiger partial charge is 0.426 e. The molecule has 0 bridgehead atoms. The summed E-state index contributed by atoms with van der Waals surface area (Å²) in [6.07, 6.45) is 2.57. The summed E-state index contributed by atoms with van der Waals surface area (Å²) >= 11 is 5.55. The number of halogens is 1. The maximum Gasteiger partial charge on any atom is 0.349 e. The lowest BCUT2D eigenvalue weighted by Gasteiger charge is -2.10. The van der Waals surface area contributed by atoms with Gasteiger partial charge >= 0.3 is 11.6 Å². The number of ether oxygens (including phenoxy) is 2. The first-order valence-corrected chi connectivity index (χ1v) is 9.34. The smallest absolute Gasteiger partial charge is 0.349 e. The number of carbonyl (C=O) groups is 2. The van der Waals surface area contributed by atoms with E-state index < -0.39 is 17.5 Å². The van der Waals surface area contributed by atoms with E-state index in [-0.39, 0.29) is 29.4 Å². The first kappa shape index (κ1) is 19.4. The molecule has 1 aromatic carbocycles. The Bertz CT molecular complexity index is 887. The van der Waals surface area contributed by atoms with Gasteiger partial charge in [0.05, 0.1) is 6.10 Å². The molecule has 0 spiro atoms. The van der Waals surface area contributed by atoms with Crippen molar-refractivity contribution >= 4 is 34.4 Å². The first-order valence-electron chi connectivity index (χ1n) is 8.81. The van der Waals surface area contributed by atoms with Gasteiger partial charge in [0.1, 0.15) is 16.9 Å². The summed E-state index contributed by atoms with van der Waals surface area (Å²) in [5.74, 6) is -0.277. The topological polar surface area (TPSA) is 94.8 Å². The summed E-state index contributed by atoms with van der Waals surface area (Å²) in [4.78, 5) is 36.1. The van der Waals surface area contributed by atoms with Crippen molar-refractivity contribution in [2.45, 2.75) is 31.8 Å². The second-order valence-corrected chi connectivity index (χ2v) is 6.64. The van der Waals surface area contributed by atoms with Crippen molar-refractivity contribution in [1.82, 2.24) is 5.32 Å². The van der Waals surface area contributed by atoms with Crippen molar-refractivity contribution in [2.75, 3.05) is 19.0 Å². The number of nitrogens with one attached hydrogen (secondary N) is 1. The van der Waals surface area contributed by atoms with Crippen LogP contribution in [-0.2, 0) is 9.53 Å². The Labute approximate surface area is 160 Å². The van der Waals surface area contributed by atoms with E-state index in [0.29, 0.717) is 30.8 Å². The summed E-state index contributed by atoms with van der Waals surface area (Å²) < 4.78 is 15.9. The Hall–Kier alpha value is -2.38. The summed E-state index contributed by atoms with van der Waals surface area (Å²) in [5.41, 5.74) is -0.594. The van der Waals surface area contributed by atoms with Crippen LogP contribution in [0.25, 0.3) is 11.0 Å². The fourth-order valence-corrected chi connectivity index (χ4v) is 2.95. The van der Waals surface area contributed by atoms with Gasteiger partial charge in [-0.25, -0.2) is 4.79 Å². The third-order valence-corrected chi connectivity index (χ3v) is 4.48. The molecule has 1 saturated heterocycles. The van der Waals surface area contributed by atoms with Gasteiger partial charge in [0.25, 0.3) is 5.91 Å². The van der Waals surface area contributed by atoms with E-state index in [1.807, 2.05) is 0 Å². The Kier molecular flexibility index (Phi) is 6.47. The highest BCUT2D eigenvalue weighted by molar-refractivity contribution is 6.17. The number of hydrogen-bond donors (Lipinski definition) is 1. The third kappa shape index (κ3) is 5.08. The Balaban J connectivity index is 1.72. The highest BCUT2D eigenvalue weighted by Gasteiger charge is 2.19. The minimum atomic E-state index is -0.752. The van der Waals surface area contributed by atoms with Crippen molar-refractivity contribution in [3.63, 3.8) is 0 Å². The molecule has 1 unspecified atom stereocenters. The summed E-state index contributed by atoms with van der Waals surface area (Å²) in [6.45, 7) is 1.05. The van der Waals surface area contributed by atoms with Crippen molar-refractivity contribution < 1.29 is 23.5 Å².